The van der Waals surface area contributed by atoms with E-state index < -0.39 is 0 Å². The Morgan fingerprint density at radius 3 is 2.80 bits per heavy atom. The Morgan fingerprint density at radius 1 is 1.24 bits per heavy atom. The normalized spacial score (nSPS) is 10.5. The predicted octanol–water partition coefficient (Wildman–Crippen LogP) is 3.37. The number of ether oxygens (including phenoxy) is 1. The minimum atomic E-state index is -0.184. The number of nitrogens with one attached hydrogen (secondary N) is 1. The van der Waals surface area contributed by atoms with E-state index in [0.717, 1.165) is 5.56 Å². The third kappa shape index (κ3) is 4.36. The lowest BCUT2D eigenvalue weighted by atomic mass is 10.2. The molecular weight excluding hydrogens is 342 g/mol. The summed E-state index contributed by atoms with van der Waals surface area (Å²) in [6, 6.07) is 14.1. The van der Waals surface area contributed by atoms with E-state index in [0.29, 0.717) is 41.0 Å². The van der Waals surface area contributed by atoms with Crippen LogP contribution in [0.25, 0.3) is 11.4 Å². The van der Waals surface area contributed by atoms with Crippen LogP contribution in [0, 0.1) is 0 Å². The molecule has 0 fully saturated rings. The largest absolute Gasteiger partial charge is 0.497 e. The topological polar surface area (TPSA) is 77.2 Å². The lowest BCUT2D eigenvalue weighted by Crippen LogP contribution is -2.25. The second-order valence-corrected chi connectivity index (χ2v) is 5.69. The van der Waals surface area contributed by atoms with E-state index in [1.54, 1.807) is 43.5 Å². The molecule has 128 valence electrons. The molecule has 0 saturated heterocycles. The number of aromatic nitrogens is 2. The monoisotopic (exact) mass is 357 g/mol. The molecule has 0 aliphatic carbocycles. The fourth-order valence-electron chi connectivity index (χ4n) is 2.22. The zero-order chi connectivity index (χ0) is 17.6. The molecule has 0 aliphatic rings. The molecule has 0 atom stereocenters. The van der Waals surface area contributed by atoms with E-state index in [-0.39, 0.29) is 5.91 Å². The summed E-state index contributed by atoms with van der Waals surface area (Å²) in [5, 5.41) is 7.40. The molecule has 1 aromatic heterocycles. The standard InChI is InChI=1S/C18H16ClN3O3/c1-24-15-4-2-3-13(11-15)18(23)20-10-9-16-21-17(22-25-16)12-5-7-14(19)8-6-12/h2-8,11H,9-10H2,1H3,(H,20,23). The smallest absolute Gasteiger partial charge is 0.251 e. The first-order valence-electron chi connectivity index (χ1n) is 7.66. The molecule has 0 saturated carbocycles. The maximum Gasteiger partial charge on any atom is 0.251 e. The van der Waals surface area contributed by atoms with E-state index in [1.807, 2.05) is 12.1 Å². The van der Waals surface area contributed by atoms with Crippen LogP contribution in [0.2, 0.25) is 5.02 Å². The van der Waals surface area contributed by atoms with Crippen LogP contribution in [-0.2, 0) is 6.42 Å². The lowest BCUT2D eigenvalue weighted by Gasteiger charge is -2.05. The van der Waals surface area contributed by atoms with Crippen LogP contribution < -0.4 is 10.1 Å². The van der Waals surface area contributed by atoms with Crippen LogP contribution in [0.4, 0.5) is 0 Å². The Kier molecular flexibility index (Phi) is 5.30. The fourth-order valence-corrected chi connectivity index (χ4v) is 2.35. The molecule has 25 heavy (non-hydrogen) atoms. The van der Waals surface area contributed by atoms with E-state index in [4.69, 9.17) is 20.9 Å². The Hall–Kier alpha value is -2.86. The molecule has 7 heteroatoms. The van der Waals surface area contributed by atoms with Gasteiger partial charge in [0.2, 0.25) is 11.7 Å². The average Bonchev–Trinajstić information content (AvgIpc) is 3.11. The molecule has 0 radical (unpaired) electrons. The lowest BCUT2D eigenvalue weighted by molar-refractivity contribution is 0.0953. The number of carbonyl (C=O) groups excluding carboxylic acids is 1. The molecule has 1 N–H and O–H groups in total. The summed E-state index contributed by atoms with van der Waals surface area (Å²) >= 11 is 5.86. The minimum absolute atomic E-state index is 0.184. The number of hydrogen-bond acceptors (Lipinski definition) is 5. The predicted molar refractivity (Wildman–Crippen MR) is 93.8 cm³/mol. The van der Waals surface area contributed by atoms with Crippen LogP contribution in [0.5, 0.6) is 5.75 Å². The maximum atomic E-state index is 12.1. The molecule has 2 aromatic carbocycles. The Labute approximate surface area is 149 Å². The number of hydrogen-bond donors (Lipinski definition) is 1. The van der Waals surface area contributed by atoms with Crippen LogP contribution in [-0.4, -0.2) is 29.7 Å². The van der Waals surface area contributed by atoms with Gasteiger partial charge in [-0.05, 0) is 42.5 Å². The van der Waals surface area contributed by atoms with Gasteiger partial charge in [-0.2, -0.15) is 4.98 Å². The number of benzene rings is 2. The first-order valence-corrected chi connectivity index (χ1v) is 8.04. The molecule has 6 nitrogen and oxygen atoms in total. The fraction of sp³-hybridized carbons (Fsp3) is 0.167. The molecule has 1 amide bonds. The number of rotatable bonds is 6. The van der Waals surface area contributed by atoms with Crippen LogP contribution in [0.1, 0.15) is 16.2 Å². The SMILES string of the molecule is COc1cccc(C(=O)NCCc2nc(-c3ccc(Cl)cc3)no2)c1. The van der Waals surface area contributed by atoms with E-state index >= 15 is 0 Å². The summed E-state index contributed by atoms with van der Waals surface area (Å²) in [5.74, 6) is 1.40. The van der Waals surface area contributed by atoms with Crippen molar-refractivity contribution in [3.05, 3.63) is 65.0 Å². The van der Waals surface area contributed by atoms with Crippen molar-refractivity contribution in [3.63, 3.8) is 0 Å². The van der Waals surface area contributed by atoms with Crippen LogP contribution in [0.3, 0.4) is 0 Å². The minimum Gasteiger partial charge on any atom is -0.497 e. The van der Waals surface area contributed by atoms with Crippen molar-refractivity contribution in [2.24, 2.45) is 0 Å². The first-order chi connectivity index (χ1) is 12.2. The highest BCUT2D eigenvalue weighted by Gasteiger charge is 2.10. The highest BCUT2D eigenvalue weighted by molar-refractivity contribution is 6.30. The van der Waals surface area contributed by atoms with E-state index in [1.165, 1.54) is 0 Å². The third-order valence-electron chi connectivity index (χ3n) is 3.53. The number of amides is 1. The zero-order valence-electron chi connectivity index (χ0n) is 13.5. The first kappa shape index (κ1) is 17.0. The van der Waals surface area contributed by atoms with Crippen molar-refractivity contribution in [2.45, 2.75) is 6.42 Å². The van der Waals surface area contributed by atoms with Gasteiger partial charge in [0.1, 0.15) is 5.75 Å². The van der Waals surface area contributed by atoms with Gasteiger partial charge in [0.15, 0.2) is 0 Å². The highest BCUT2D eigenvalue weighted by Crippen LogP contribution is 2.18. The van der Waals surface area contributed by atoms with Gasteiger partial charge in [-0.1, -0.05) is 22.8 Å². The molecule has 0 spiro atoms. The summed E-state index contributed by atoms with van der Waals surface area (Å²) in [6.07, 6.45) is 0.441. The van der Waals surface area contributed by atoms with Gasteiger partial charge in [0.25, 0.3) is 5.91 Å². The van der Waals surface area contributed by atoms with Gasteiger partial charge in [-0.3, -0.25) is 4.79 Å². The van der Waals surface area contributed by atoms with Crippen molar-refractivity contribution in [1.29, 1.82) is 0 Å². The average molecular weight is 358 g/mol. The molecule has 0 unspecified atom stereocenters. The molecule has 3 rings (SSSR count). The molecular formula is C18H16ClN3O3. The van der Waals surface area contributed by atoms with Crippen molar-refractivity contribution >= 4 is 17.5 Å². The summed E-state index contributed by atoms with van der Waals surface area (Å²) < 4.78 is 10.3. The zero-order valence-corrected chi connectivity index (χ0v) is 14.3. The van der Waals surface area contributed by atoms with Gasteiger partial charge in [-0.15, -0.1) is 0 Å². The van der Waals surface area contributed by atoms with Crippen LogP contribution >= 0.6 is 11.6 Å². The number of methoxy groups -OCH3 is 1. The number of nitrogens with zero attached hydrogens (tertiary/aromatic N) is 2. The number of halogens is 1. The Morgan fingerprint density at radius 2 is 2.04 bits per heavy atom. The number of carbonyl (C=O) groups is 1. The van der Waals surface area contributed by atoms with Gasteiger partial charge in [-0.25, -0.2) is 0 Å². The van der Waals surface area contributed by atoms with Gasteiger partial charge in [0, 0.05) is 29.1 Å². The van der Waals surface area contributed by atoms with Crippen molar-refractivity contribution < 1.29 is 14.1 Å². The highest BCUT2D eigenvalue weighted by atomic mass is 35.5. The maximum absolute atomic E-state index is 12.1. The van der Waals surface area contributed by atoms with E-state index in [2.05, 4.69) is 15.5 Å². The van der Waals surface area contributed by atoms with Crippen molar-refractivity contribution in [2.75, 3.05) is 13.7 Å². The van der Waals surface area contributed by atoms with Gasteiger partial charge in [0.05, 0.1) is 7.11 Å². The molecule has 1 heterocycles. The molecule has 0 bridgehead atoms. The van der Waals surface area contributed by atoms with E-state index in [9.17, 15) is 4.79 Å². The van der Waals surface area contributed by atoms with Crippen molar-refractivity contribution in [1.82, 2.24) is 15.5 Å². The molecule has 0 aliphatic heterocycles. The quantitative estimate of drug-likeness (QED) is 0.731. The summed E-state index contributed by atoms with van der Waals surface area (Å²) in [5.41, 5.74) is 1.35. The summed E-state index contributed by atoms with van der Waals surface area (Å²) in [6.45, 7) is 0.387. The molecule has 3 aromatic rings. The third-order valence-corrected chi connectivity index (χ3v) is 3.78. The summed E-state index contributed by atoms with van der Waals surface area (Å²) in [4.78, 5) is 16.4. The summed E-state index contributed by atoms with van der Waals surface area (Å²) in [7, 11) is 1.56. The van der Waals surface area contributed by atoms with Crippen molar-refractivity contribution in [3.8, 4) is 17.1 Å². The van der Waals surface area contributed by atoms with Crippen LogP contribution in [0.15, 0.2) is 53.1 Å². The second-order valence-electron chi connectivity index (χ2n) is 5.26. The second kappa shape index (κ2) is 7.81. The Bertz CT molecular complexity index is 862. The van der Waals surface area contributed by atoms with Gasteiger partial charge < -0.3 is 14.6 Å². The van der Waals surface area contributed by atoms with Gasteiger partial charge >= 0.3 is 0 Å². The Balaban J connectivity index is 1.55.